The van der Waals surface area contributed by atoms with Crippen molar-refractivity contribution in [3.05, 3.63) is 25.0 Å². The van der Waals surface area contributed by atoms with Crippen molar-refractivity contribution in [2.45, 2.75) is 6.04 Å². The molecule has 1 aromatic carbocycles. The summed E-state index contributed by atoms with van der Waals surface area (Å²) >= 11 is 9.62. The molecule has 0 bridgehead atoms. The Morgan fingerprint density at radius 3 is 2.43 bits per heavy atom. The second-order valence-electron chi connectivity index (χ2n) is 2.52. The Morgan fingerprint density at radius 1 is 1.36 bits per heavy atom. The van der Waals surface area contributed by atoms with Crippen LogP contribution in [0.25, 0.3) is 0 Å². The molecule has 0 unspecified atom stereocenters. The molecule has 3 nitrogen and oxygen atoms in total. The van der Waals surface area contributed by atoms with Crippen molar-refractivity contribution in [3.8, 4) is 11.8 Å². The molecule has 0 radical (unpaired) electrons. The van der Waals surface area contributed by atoms with Gasteiger partial charge in [-0.05, 0) is 37.9 Å². The summed E-state index contributed by atoms with van der Waals surface area (Å²) in [6, 6.07) is 2.77. The lowest BCUT2D eigenvalue weighted by Crippen LogP contribution is -2.09. The maximum absolute atomic E-state index is 9.58. The first-order valence-electron chi connectivity index (χ1n) is 3.50. The predicted molar refractivity (Wildman–Crippen MR) is 63.7 cm³/mol. The van der Waals surface area contributed by atoms with E-state index in [1.54, 1.807) is 6.07 Å². The zero-order valence-electron chi connectivity index (χ0n) is 6.76. The van der Waals surface area contributed by atoms with E-state index in [-0.39, 0.29) is 5.75 Å². The van der Waals surface area contributed by atoms with E-state index in [0.717, 1.165) is 0 Å². The molecule has 0 aliphatic heterocycles. The smallest absolute Gasteiger partial charge is 0.144 e. The summed E-state index contributed by atoms with van der Waals surface area (Å²) in [6.45, 7) is 0. The van der Waals surface area contributed by atoms with Crippen molar-refractivity contribution in [3.63, 3.8) is 0 Å². The number of nitriles is 1. The molecule has 0 aliphatic rings. The Hall–Kier alpha value is -0.0900. The SMILES string of the molecule is N#C[C@H](N)c1c(Br)cc(Br)c(O)c1Br. The normalized spacial score (nSPS) is 12.2. The molecule has 74 valence electrons. The zero-order chi connectivity index (χ0) is 10.9. The lowest BCUT2D eigenvalue weighted by molar-refractivity contribution is 0.467. The number of rotatable bonds is 1. The summed E-state index contributed by atoms with van der Waals surface area (Å²) in [5, 5.41) is 18.3. The standard InChI is InChI=1S/C8H5Br3N2O/c9-3-1-4(10)8(14)7(11)6(3)5(13)2-12/h1,5,14H,13H2/t5-/m0/s1. The number of benzene rings is 1. The van der Waals surface area contributed by atoms with E-state index in [2.05, 4.69) is 47.8 Å². The van der Waals surface area contributed by atoms with Crippen LogP contribution in [0.4, 0.5) is 0 Å². The predicted octanol–water partition coefficient (Wildman–Crippen LogP) is 3.20. The molecular weight excluding hydrogens is 380 g/mol. The van der Waals surface area contributed by atoms with Gasteiger partial charge < -0.3 is 10.8 Å². The first kappa shape index (κ1) is 12.0. The molecule has 0 saturated heterocycles. The first-order valence-corrected chi connectivity index (χ1v) is 5.88. The third kappa shape index (κ3) is 2.11. The summed E-state index contributed by atoms with van der Waals surface area (Å²) in [7, 11) is 0. The molecule has 0 spiro atoms. The number of hydrogen-bond donors (Lipinski definition) is 2. The maximum Gasteiger partial charge on any atom is 0.144 e. The molecule has 0 aromatic heterocycles. The van der Waals surface area contributed by atoms with Gasteiger partial charge in [0.15, 0.2) is 0 Å². The van der Waals surface area contributed by atoms with E-state index in [1.807, 2.05) is 6.07 Å². The highest BCUT2D eigenvalue weighted by Crippen LogP contribution is 2.41. The van der Waals surface area contributed by atoms with Crippen molar-refractivity contribution in [2.75, 3.05) is 0 Å². The summed E-state index contributed by atoms with van der Waals surface area (Å²) < 4.78 is 1.63. The average molecular weight is 385 g/mol. The molecule has 0 heterocycles. The third-order valence-corrected chi connectivity index (χ3v) is 3.69. The van der Waals surface area contributed by atoms with Crippen molar-refractivity contribution in [1.29, 1.82) is 5.26 Å². The van der Waals surface area contributed by atoms with Gasteiger partial charge in [0.2, 0.25) is 0 Å². The molecule has 0 saturated carbocycles. The molecule has 0 fully saturated rings. The minimum atomic E-state index is -0.780. The molecule has 1 aromatic rings. The van der Waals surface area contributed by atoms with Crippen molar-refractivity contribution < 1.29 is 5.11 Å². The minimum Gasteiger partial charge on any atom is -0.506 e. The van der Waals surface area contributed by atoms with Crippen LogP contribution in [0.5, 0.6) is 5.75 Å². The van der Waals surface area contributed by atoms with Gasteiger partial charge in [0.1, 0.15) is 11.8 Å². The number of nitrogens with zero attached hydrogens (tertiary/aromatic N) is 1. The van der Waals surface area contributed by atoms with E-state index in [1.165, 1.54) is 0 Å². The summed E-state index contributed by atoms with van der Waals surface area (Å²) in [4.78, 5) is 0. The largest absolute Gasteiger partial charge is 0.506 e. The topological polar surface area (TPSA) is 70.0 Å². The molecule has 1 atom stereocenters. The second-order valence-corrected chi connectivity index (χ2v) is 5.02. The van der Waals surface area contributed by atoms with E-state index in [4.69, 9.17) is 11.0 Å². The lowest BCUT2D eigenvalue weighted by Gasteiger charge is -2.11. The van der Waals surface area contributed by atoms with Crippen LogP contribution in [0.3, 0.4) is 0 Å². The number of phenolic OH excluding ortho intramolecular Hbond substituents is 1. The van der Waals surface area contributed by atoms with Crippen LogP contribution < -0.4 is 5.73 Å². The molecule has 1 rings (SSSR count). The molecule has 0 aliphatic carbocycles. The Kier molecular flexibility index (Phi) is 3.95. The Labute approximate surface area is 106 Å². The highest BCUT2D eigenvalue weighted by molar-refractivity contribution is 9.11. The number of nitrogens with two attached hydrogens (primary N) is 1. The fraction of sp³-hybridized carbons (Fsp3) is 0.125. The Bertz CT molecular complexity index is 414. The quantitative estimate of drug-likeness (QED) is 0.781. The monoisotopic (exact) mass is 382 g/mol. The van der Waals surface area contributed by atoms with Crippen LogP contribution in [0.15, 0.2) is 19.5 Å². The summed E-state index contributed by atoms with van der Waals surface area (Å²) in [6.07, 6.45) is 0. The minimum absolute atomic E-state index is 0.0360. The Morgan fingerprint density at radius 2 is 1.93 bits per heavy atom. The van der Waals surface area contributed by atoms with Crippen molar-refractivity contribution in [2.24, 2.45) is 5.73 Å². The van der Waals surface area contributed by atoms with Crippen molar-refractivity contribution in [1.82, 2.24) is 0 Å². The molecule has 6 heteroatoms. The van der Waals surface area contributed by atoms with Crippen LogP contribution in [0.1, 0.15) is 11.6 Å². The van der Waals surface area contributed by atoms with Gasteiger partial charge >= 0.3 is 0 Å². The number of phenols is 1. The zero-order valence-corrected chi connectivity index (χ0v) is 11.5. The molecule has 14 heavy (non-hydrogen) atoms. The van der Waals surface area contributed by atoms with Gasteiger partial charge in [-0.15, -0.1) is 0 Å². The first-order chi connectivity index (χ1) is 6.49. The van der Waals surface area contributed by atoms with E-state index >= 15 is 0 Å². The molecule has 3 N–H and O–H groups in total. The van der Waals surface area contributed by atoms with Crippen LogP contribution >= 0.6 is 47.8 Å². The number of hydrogen-bond acceptors (Lipinski definition) is 3. The van der Waals surface area contributed by atoms with Crippen LogP contribution in [-0.4, -0.2) is 5.11 Å². The molecule has 0 amide bonds. The second kappa shape index (κ2) is 4.62. The van der Waals surface area contributed by atoms with Gasteiger partial charge in [-0.3, -0.25) is 0 Å². The summed E-state index contributed by atoms with van der Waals surface area (Å²) in [5.74, 6) is 0.0360. The van der Waals surface area contributed by atoms with Gasteiger partial charge in [-0.1, -0.05) is 15.9 Å². The average Bonchev–Trinajstić information content (AvgIpc) is 2.14. The highest BCUT2D eigenvalue weighted by atomic mass is 79.9. The van der Waals surface area contributed by atoms with E-state index in [9.17, 15) is 5.11 Å². The van der Waals surface area contributed by atoms with Crippen molar-refractivity contribution >= 4 is 47.8 Å². The van der Waals surface area contributed by atoms with E-state index < -0.39 is 6.04 Å². The van der Waals surface area contributed by atoms with Gasteiger partial charge in [-0.2, -0.15) is 5.26 Å². The lowest BCUT2D eigenvalue weighted by atomic mass is 10.1. The fourth-order valence-corrected chi connectivity index (χ4v) is 3.56. The van der Waals surface area contributed by atoms with Crippen LogP contribution in [0.2, 0.25) is 0 Å². The van der Waals surface area contributed by atoms with Gasteiger partial charge in [0.25, 0.3) is 0 Å². The third-order valence-electron chi connectivity index (χ3n) is 1.63. The summed E-state index contributed by atoms with van der Waals surface area (Å²) in [5.41, 5.74) is 6.10. The fourth-order valence-electron chi connectivity index (χ4n) is 0.944. The van der Waals surface area contributed by atoms with Gasteiger partial charge in [0.05, 0.1) is 15.0 Å². The number of aromatic hydroxyl groups is 1. The Balaban J connectivity index is 3.45. The van der Waals surface area contributed by atoms with Crippen LogP contribution in [-0.2, 0) is 0 Å². The van der Waals surface area contributed by atoms with Gasteiger partial charge in [0, 0.05) is 10.0 Å². The number of halogens is 3. The van der Waals surface area contributed by atoms with Gasteiger partial charge in [-0.25, -0.2) is 0 Å². The van der Waals surface area contributed by atoms with E-state index in [0.29, 0.717) is 19.0 Å². The highest BCUT2D eigenvalue weighted by Gasteiger charge is 2.18. The van der Waals surface area contributed by atoms with Crippen LogP contribution in [0, 0.1) is 11.3 Å². The maximum atomic E-state index is 9.58. The molecular formula is C8H5Br3N2O.